The quantitative estimate of drug-likeness (QED) is 0.446. The van der Waals surface area contributed by atoms with Crippen LogP contribution < -0.4 is 16.4 Å². The van der Waals surface area contributed by atoms with Crippen LogP contribution in [0.2, 0.25) is 0 Å². The molecule has 4 N–H and O–H groups in total. The number of amides is 2. The molecule has 208 valence electrons. The number of nitrogens with two attached hydrogens (primary N) is 1. The first-order valence-corrected chi connectivity index (χ1v) is 13.0. The van der Waals surface area contributed by atoms with Gasteiger partial charge in [-0.25, -0.2) is 13.8 Å². The summed E-state index contributed by atoms with van der Waals surface area (Å²) in [5, 5.41) is 9.35. The van der Waals surface area contributed by atoms with Gasteiger partial charge in [0, 0.05) is 37.2 Å². The van der Waals surface area contributed by atoms with Crippen LogP contribution in [0.4, 0.5) is 14.5 Å². The van der Waals surface area contributed by atoms with Crippen LogP contribution >= 0.6 is 0 Å². The van der Waals surface area contributed by atoms with E-state index in [9.17, 15) is 18.9 Å². The van der Waals surface area contributed by atoms with Crippen molar-refractivity contribution in [2.45, 2.75) is 44.6 Å². The van der Waals surface area contributed by atoms with Gasteiger partial charge < -0.3 is 20.9 Å². The molecule has 11 nitrogen and oxygen atoms in total. The molecule has 3 aliphatic heterocycles. The van der Waals surface area contributed by atoms with E-state index in [2.05, 4.69) is 25.8 Å². The monoisotopic (exact) mass is 534 g/mol. The van der Waals surface area contributed by atoms with Gasteiger partial charge in [-0.3, -0.25) is 19.9 Å². The molecule has 0 spiro atoms. The number of nitrogens with zero attached hydrogens (tertiary/aromatic N) is 5. The molecular formula is C25H36F2N8O3. The van der Waals surface area contributed by atoms with E-state index in [0.29, 0.717) is 25.1 Å². The molecule has 4 atom stereocenters. The fourth-order valence-corrected chi connectivity index (χ4v) is 5.48. The smallest absolute Gasteiger partial charge is 0.232 e. The van der Waals surface area contributed by atoms with Crippen molar-refractivity contribution < 1.29 is 18.4 Å². The third-order valence-corrected chi connectivity index (χ3v) is 7.64. The SMILES string of the molecule is CC(N)C(C(=O)Nc1cncc(F)c1C1=CCN(C(=O)C2CCN(C)CC2)CC1)C1NCC(F)CN1N=O. The molecule has 1 aromatic heterocycles. The minimum absolute atomic E-state index is 0.00494. The summed E-state index contributed by atoms with van der Waals surface area (Å²) >= 11 is 0. The van der Waals surface area contributed by atoms with Crippen molar-refractivity contribution >= 4 is 23.1 Å². The minimum atomic E-state index is -1.32. The second-order valence-corrected chi connectivity index (χ2v) is 10.4. The molecule has 4 unspecified atom stereocenters. The van der Waals surface area contributed by atoms with Crippen LogP contribution in [0.25, 0.3) is 5.57 Å². The van der Waals surface area contributed by atoms with E-state index in [-0.39, 0.29) is 36.2 Å². The van der Waals surface area contributed by atoms with Gasteiger partial charge in [-0.1, -0.05) is 6.08 Å². The number of nitrogens with one attached hydrogen (secondary N) is 2. The zero-order valence-corrected chi connectivity index (χ0v) is 21.8. The van der Waals surface area contributed by atoms with Crippen molar-refractivity contribution in [2.75, 3.05) is 51.6 Å². The Hall–Kier alpha value is -3.03. The predicted molar refractivity (Wildman–Crippen MR) is 139 cm³/mol. The van der Waals surface area contributed by atoms with Gasteiger partial charge in [0.25, 0.3) is 0 Å². The first-order chi connectivity index (χ1) is 18.2. The predicted octanol–water partition coefficient (Wildman–Crippen LogP) is 1.33. The molecule has 0 aliphatic carbocycles. The Bertz CT molecular complexity index is 1060. The van der Waals surface area contributed by atoms with Crippen molar-refractivity contribution in [1.82, 2.24) is 25.1 Å². The third kappa shape index (κ3) is 6.16. The lowest BCUT2D eigenvalue weighted by Gasteiger charge is -2.39. The lowest BCUT2D eigenvalue weighted by Crippen LogP contribution is -2.62. The summed E-state index contributed by atoms with van der Waals surface area (Å²) < 4.78 is 28.9. The number of carbonyl (C=O) groups excluding carboxylic acids is 2. The number of halogens is 2. The Labute approximate surface area is 220 Å². The summed E-state index contributed by atoms with van der Waals surface area (Å²) in [6.07, 6.45) is 4.09. The summed E-state index contributed by atoms with van der Waals surface area (Å²) in [5.74, 6) is -2.04. The molecule has 0 aromatic carbocycles. The standard InChI is InChI=1S/C25H36F2N8O3/c1-15(28)21(23-30-11-18(26)14-35(23)32-38)24(36)31-20-13-29-12-19(27)22(20)16-5-9-34(10-6-16)25(37)17-3-7-33(2)8-4-17/h5,12-13,15,17-18,21,23,30H,3-4,6-11,14,28H2,1-2H3,(H,31,36). The number of pyridine rings is 1. The molecular weight excluding hydrogens is 498 g/mol. The average molecular weight is 535 g/mol. The average Bonchev–Trinajstić information content (AvgIpc) is 2.90. The molecule has 4 rings (SSSR count). The normalized spacial score (nSPS) is 24.9. The molecule has 4 heterocycles. The van der Waals surface area contributed by atoms with E-state index < -0.39 is 36.0 Å². The number of anilines is 1. The molecule has 2 amide bonds. The Morgan fingerprint density at radius 3 is 2.63 bits per heavy atom. The molecule has 2 saturated heterocycles. The highest BCUT2D eigenvalue weighted by atomic mass is 19.1. The molecule has 0 bridgehead atoms. The Kier molecular flexibility index (Phi) is 9.00. The molecule has 3 aliphatic rings. The number of nitroso groups, excluding NO2 is 1. The molecule has 2 fully saturated rings. The van der Waals surface area contributed by atoms with Crippen molar-refractivity contribution in [3.8, 4) is 0 Å². The summed E-state index contributed by atoms with van der Waals surface area (Å²) in [6, 6.07) is -0.731. The fraction of sp³-hybridized carbons (Fsp3) is 0.640. The zero-order valence-electron chi connectivity index (χ0n) is 21.8. The Morgan fingerprint density at radius 1 is 1.26 bits per heavy atom. The van der Waals surface area contributed by atoms with E-state index in [1.807, 2.05) is 13.1 Å². The number of carbonyl (C=O) groups is 2. The highest BCUT2D eigenvalue weighted by Crippen LogP contribution is 2.32. The molecule has 1 aromatic rings. The lowest BCUT2D eigenvalue weighted by atomic mass is 9.93. The summed E-state index contributed by atoms with van der Waals surface area (Å²) in [6.45, 7) is 3.87. The van der Waals surface area contributed by atoms with Crippen LogP contribution in [0.3, 0.4) is 0 Å². The molecule has 0 radical (unpaired) electrons. The zero-order chi connectivity index (χ0) is 27.4. The minimum Gasteiger partial charge on any atom is -0.338 e. The second kappa shape index (κ2) is 12.2. The van der Waals surface area contributed by atoms with Gasteiger partial charge in [-0.15, -0.1) is 4.91 Å². The van der Waals surface area contributed by atoms with Gasteiger partial charge >= 0.3 is 0 Å². The topological polar surface area (TPSA) is 136 Å². The van der Waals surface area contributed by atoms with E-state index in [0.717, 1.165) is 37.1 Å². The summed E-state index contributed by atoms with van der Waals surface area (Å²) in [5.41, 5.74) is 7.12. The van der Waals surface area contributed by atoms with Crippen LogP contribution in [0, 0.1) is 22.6 Å². The number of hydrogen-bond acceptors (Lipinski definition) is 8. The lowest BCUT2D eigenvalue weighted by molar-refractivity contribution is -0.136. The van der Waals surface area contributed by atoms with Crippen molar-refractivity contribution in [3.05, 3.63) is 34.8 Å². The van der Waals surface area contributed by atoms with E-state index in [1.165, 1.54) is 6.20 Å². The Balaban J connectivity index is 1.50. The van der Waals surface area contributed by atoms with Gasteiger partial charge in [0.2, 0.25) is 11.8 Å². The molecule has 0 saturated carbocycles. The van der Waals surface area contributed by atoms with Gasteiger partial charge in [-0.05, 0) is 51.9 Å². The highest BCUT2D eigenvalue weighted by Gasteiger charge is 2.40. The van der Waals surface area contributed by atoms with Crippen molar-refractivity contribution in [1.29, 1.82) is 0 Å². The van der Waals surface area contributed by atoms with Crippen LogP contribution in [-0.4, -0.2) is 96.3 Å². The van der Waals surface area contributed by atoms with E-state index in [1.54, 1.807) is 11.8 Å². The first kappa shape index (κ1) is 28.0. The molecule has 38 heavy (non-hydrogen) atoms. The van der Waals surface area contributed by atoms with Gasteiger partial charge in [0.15, 0.2) is 5.82 Å². The van der Waals surface area contributed by atoms with E-state index in [4.69, 9.17) is 5.73 Å². The van der Waals surface area contributed by atoms with Gasteiger partial charge in [-0.2, -0.15) is 0 Å². The maximum atomic E-state index is 15.1. The summed E-state index contributed by atoms with van der Waals surface area (Å²) in [7, 11) is 2.05. The third-order valence-electron chi connectivity index (χ3n) is 7.64. The van der Waals surface area contributed by atoms with Gasteiger partial charge in [0.1, 0.15) is 12.3 Å². The largest absolute Gasteiger partial charge is 0.338 e. The number of hydrogen-bond donors (Lipinski definition) is 3. The number of piperidine rings is 1. The maximum absolute atomic E-state index is 15.1. The van der Waals surface area contributed by atoms with Crippen LogP contribution in [0.1, 0.15) is 31.7 Å². The summed E-state index contributed by atoms with van der Waals surface area (Å²) in [4.78, 5) is 45.6. The maximum Gasteiger partial charge on any atom is 0.232 e. The fourth-order valence-electron chi connectivity index (χ4n) is 5.48. The number of aromatic nitrogens is 1. The van der Waals surface area contributed by atoms with Crippen LogP contribution in [0.15, 0.2) is 23.8 Å². The number of likely N-dealkylation sites (tertiary alicyclic amines) is 1. The van der Waals surface area contributed by atoms with Crippen LogP contribution in [-0.2, 0) is 9.59 Å². The molecule has 13 heteroatoms. The number of alkyl halides is 1. The van der Waals surface area contributed by atoms with Crippen molar-refractivity contribution in [2.24, 2.45) is 22.9 Å². The van der Waals surface area contributed by atoms with Crippen LogP contribution in [0.5, 0.6) is 0 Å². The highest BCUT2D eigenvalue weighted by molar-refractivity contribution is 5.96. The Morgan fingerprint density at radius 2 is 2.00 bits per heavy atom. The van der Waals surface area contributed by atoms with Crippen molar-refractivity contribution in [3.63, 3.8) is 0 Å². The first-order valence-electron chi connectivity index (χ1n) is 13.0. The number of rotatable bonds is 7. The van der Waals surface area contributed by atoms with Gasteiger partial charge in [0.05, 0.1) is 35.8 Å². The second-order valence-electron chi connectivity index (χ2n) is 10.4. The van der Waals surface area contributed by atoms with E-state index >= 15 is 4.39 Å².